The van der Waals surface area contributed by atoms with Crippen LogP contribution in [0.3, 0.4) is 0 Å². The number of ketones is 1. The van der Waals surface area contributed by atoms with Crippen molar-refractivity contribution in [2.45, 2.75) is 38.8 Å². The lowest BCUT2D eigenvalue weighted by atomic mass is 10.1. The molecule has 11 nitrogen and oxygen atoms in total. The number of hydrogen-bond donors (Lipinski definition) is 2. The van der Waals surface area contributed by atoms with Gasteiger partial charge in [-0.3, -0.25) is 8.98 Å². The van der Waals surface area contributed by atoms with Gasteiger partial charge in [-0.2, -0.15) is 19.2 Å². The highest BCUT2D eigenvalue weighted by atomic mass is 32.2. The van der Waals surface area contributed by atoms with Gasteiger partial charge in [0.2, 0.25) is 5.78 Å². The van der Waals surface area contributed by atoms with Crippen LogP contribution >= 0.6 is 11.3 Å². The van der Waals surface area contributed by atoms with Gasteiger partial charge < -0.3 is 9.88 Å². The van der Waals surface area contributed by atoms with Gasteiger partial charge in [-0.05, 0) is 54.3 Å². The van der Waals surface area contributed by atoms with Crippen LogP contribution in [0, 0.1) is 29.7 Å². The highest BCUT2D eigenvalue weighted by Crippen LogP contribution is 2.31. The number of thiophene rings is 1. The van der Waals surface area contributed by atoms with Crippen molar-refractivity contribution in [1.29, 1.82) is 10.8 Å². The van der Waals surface area contributed by atoms with Gasteiger partial charge in [-0.15, -0.1) is 11.3 Å². The molecule has 1 fully saturated rings. The van der Waals surface area contributed by atoms with E-state index < -0.39 is 10.3 Å². The van der Waals surface area contributed by atoms with E-state index >= 15 is 0 Å². The first-order valence-corrected chi connectivity index (χ1v) is 13.0. The van der Waals surface area contributed by atoms with Crippen molar-refractivity contribution in [1.82, 2.24) is 14.5 Å². The van der Waals surface area contributed by atoms with E-state index in [1.165, 1.54) is 23.9 Å². The molecular weight excluding hydrogens is 490 g/mol. The van der Waals surface area contributed by atoms with E-state index in [-0.39, 0.29) is 24.3 Å². The molecule has 0 aromatic carbocycles. The average molecular weight is 514 g/mol. The Morgan fingerprint density at radius 1 is 1.46 bits per heavy atom. The van der Waals surface area contributed by atoms with Gasteiger partial charge >= 0.3 is 10.3 Å². The van der Waals surface area contributed by atoms with Crippen LogP contribution in [0.2, 0.25) is 0 Å². The molecule has 3 aromatic heterocycles. The SMILES string of the molecule is Cc1sc(C(=O)c2cncnc2N[C@H]2CC[C@@H](COS(=O)(=O)N=N)C2)cc1Cn1ccc(C#N)c1. The molecule has 35 heavy (non-hydrogen) atoms. The van der Waals surface area contributed by atoms with Gasteiger partial charge in [0, 0.05) is 36.1 Å². The predicted molar refractivity (Wildman–Crippen MR) is 128 cm³/mol. The Kier molecular flexibility index (Phi) is 7.34. The van der Waals surface area contributed by atoms with Gasteiger partial charge in [0.15, 0.2) is 0 Å². The summed E-state index contributed by atoms with van der Waals surface area (Å²) < 4.78 is 31.7. The molecule has 0 bridgehead atoms. The van der Waals surface area contributed by atoms with Crippen LogP contribution < -0.4 is 5.32 Å². The minimum absolute atomic E-state index is 0.00982. The highest BCUT2D eigenvalue weighted by molar-refractivity contribution is 7.85. The van der Waals surface area contributed by atoms with E-state index in [1.807, 2.05) is 23.8 Å². The average Bonchev–Trinajstić information content (AvgIpc) is 3.59. The number of carbonyl (C=O) groups excluding carboxylic acids is 1. The third kappa shape index (κ3) is 5.97. The number of nitrogens with one attached hydrogen (secondary N) is 2. The summed E-state index contributed by atoms with van der Waals surface area (Å²) in [7, 11) is -4.16. The van der Waals surface area contributed by atoms with Crippen molar-refractivity contribution in [3.05, 3.63) is 63.5 Å². The largest absolute Gasteiger partial charge is 0.398 e. The molecule has 2 N–H and O–H groups in total. The summed E-state index contributed by atoms with van der Waals surface area (Å²) in [5, 5.41) is 12.3. The molecule has 0 radical (unpaired) electrons. The van der Waals surface area contributed by atoms with E-state index in [0.29, 0.717) is 34.8 Å². The van der Waals surface area contributed by atoms with Crippen LogP contribution in [-0.2, 0) is 21.0 Å². The fourth-order valence-electron chi connectivity index (χ4n) is 4.09. The first-order valence-electron chi connectivity index (χ1n) is 10.8. The quantitative estimate of drug-likeness (QED) is 0.306. The number of nitriles is 1. The first kappa shape index (κ1) is 24.6. The van der Waals surface area contributed by atoms with Crippen molar-refractivity contribution < 1.29 is 17.4 Å². The molecule has 3 heterocycles. The number of anilines is 1. The molecule has 182 valence electrons. The Hall–Kier alpha value is -3.47. The van der Waals surface area contributed by atoms with E-state index in [2.05, 4.69) is 25.9 Å². The van der Waals surface area contributed by atoms with E-state index in [9.17, 15) is 13.2 Å². The fourth-order valence-corrected chi connectivity index (χ4v) is 5.50. The van der Waals surface area contributed by atoms with Gasteiger partial charge in [0.05, 0.1) is 22.6 Å². The highest BCUT2D eigenvalue weighted by Gasteiger charge is 2.28. The number of carbonyl (C=O) groups is 1. The van der Waals surface area contributed by atoms with Crippen LogP contribution in [-0.4, -0.2) is 41.4 Å². The number of aryl methyl sites for hydroxylation is 1. The topological polar surface area (TPSA) is 163 Å². The summed E-state index contributed by atoms with van der Waals surface area (Å²) in [6, 6.07) is 5.71. The number of hydrogen-bond acceptors (Lipinski definition) is 10. The lowest BCUT2D eigenvalue weighted by Crippen LogP contribution is -2.20. The van der Waals surface area contributed by atoms with Crippen molar-refractivity contribution in [2.75, 3.05) is 11.9 Å². The monoisotopic (exact) mass is 513 g/mol. The second kappa shape index (κ2) is 10.4. The van der Waals surface area contributed by atoms with Crippen LogP contribution in [0.1, 0.15) is 50.5 Å². The van der Waals surface area contributed by atoms with Crippen LogP contribution in [0.5, 0.6) is 0 Å². The summed E-state index contributed by atoms with van der Waals surface area (Å²) in [5.41, 5.74) is 8.57. The Balaban J connectivity index is 1.44. The van der Waals surface area contributed by atoms with Crippen LogP contribution in [0.15, 0.2) is 41.6 Å². The van der Waals surface area contributed by atoms with E-state index in [0.717, 1.165) is 23.3 Å². The lowest BCUT2D eigenvalue weighted by Gasteiger charge is -2.15. The third-order valence-electron chi connectivity index (χ3n) is 5.88. The standard InChI is InChI=1S/C22H23N7O4S2/c1-14-17(11-29-5-4-16(8-23)10-29)7-20(34-14)21(30)19-9-25-13-26-22(19)27-18-3-2-15(6-18)12-33-35(31,32)28-24/h4-5,7,9-10,13,15,18,24H,2-3,6,11-12H2,1H3,(H,25,26,27)/t15-,18+/m1/s1. The zero-order chi connectivity index (χ0) is 25.0. The summed E-state index contributed by atoms with van der Waals surface area (Å²) in [6.07, 6.45) is 8.60. The molecule has 1 saturated carbocycles. The van der Waals surface area contributed by atoms with Crippen molar-refractivity contribution in [3.63, 3.8) is 0 Å². The van der Waals surface area contributed by atoms with E-state index in [1.54, 1.807) is 12.3 Å². The maximum atomic E-state index is 13.3. The Morgan fingerprint density at radius 2 is 2.29 bits per heavy atom. The zero-order valence-electron chi connectivity index (χ0n) is 18.8. The minimum Gasteiger partial charge on any atom is -0.367 e. The first-order chi connectivity index (χ1) is 16.8. The fraction of sp³-hybridized carbons (Fsp3) is 0.364. The smallest absolute Gasteiger partial charge is 0.367 e. The molecular formula is C22H23N7O4S2. The minimum atomic E-state index is -4.16. The van der Waals surface area contributed by atoms with Crippen molar-refractivity contribution >= 4 is 33.2 Å². The molecule has 0 aliphatic heterocycles. The van der Waals surface area contributed by atoms with Crippen LogP contribution in [0.25, 0.3) is 0 Å². The van der Waals surface area contributed by atoms with Crippen molar-refractivity contribution in [3.8, 4) is 6.07 Å². The number of nitrogens with zero attached hydrogens (tertiary/aromatic N) is 5. The number of aromatic nitrogens is 3. The maximum Gasteiger partial charge on any atom is 0.398 e. The lowest BCUT2D eigenvalue weighted by molar-refractivity contribution is 0.104. The molecule has 1 aliphatic rings. The molecule has 1 aliphatic carbocycles. The molecule has 0 spiro atoms. The second-order valence-corrected chi connectivity index (χ2v) is 10.8. The molecule has 2 atom stereocenters. The van der Waals surface area contributed by atoms with Gasteiger partial charge in [0.1, 0.15) is 18.2 Å². The Morgan fingerprint density at radius 3 is 3.03 bits per heavy atom. The summed E-state index contributed by atoms with van der Waals surface area (Å²) in [4.78, 5) is 23.3. The number of rotatable bonds is 10. The Bertz CT molecular complexity index is 1390. The summed E-state index contributed by atoms with van der Waals surface area (Å²) in [6.45, 7) is 2.48. The molecule has 0 unspecified atom stereocenters. The van der Waals surface area contributed by atoms with Crippen LogP contribution in [0.4, 0.5) is 5.82 Å². The van der Waals surface area contributed by atoms with Gasteiger partial charge in [-0.25, -0.2) is 9.97 Å². The van der Waals surface area contributed by atoms with E-state index in [4.69, 9.17) is 15.0 Å². The zero-order valence-corrected chi connectivity index (χ0v) is 20.5. The Labute approximate surface area is 206 Å². The predicted octanol–water partition coefficient (Wildman–Crippen LogP) is 3.67. The van der Waals surface area contributed by atoms with Gasteiger partial charge in [0.25, 0.3) is 0 Å². The molecule has 3 aromatic rings. The molecule has 13 heteroatoms. The molecule has 0 saturated heterocycles. The maximum absolute atomic E-state index is 13.3. The molecule has 0 amide bonds. The van der Waals surface area contributed by atoms with Gasteiger partial charge in [-0.1, -0.05) is 0 Å². The van der Waals surface area contributed by atoms with Crippen molar-refractivity contribution in [2.24, 2.45) is 10.4 Å². The molecule has 4 rings (SSSR count). The normalized spacial score (nSPS) is 17.7. The second-order valence-electron chi connectivity index (χ2n) is 8.31. The summed E-state index contributed by atoms with van der Waals surface area (Å²) in [5.74, 6) is 0.239. The summed E-state index contributed by atoms with van der Waals surface area (Å²) >= 11 is 1.40. The third-order valence-corrected chi connectivity index (χ3v) is 7.63.